The van der Waals surface area contributed by atoms with Crippen LogP contribution in [-0.2, 0) is 12.8 Å². The molecule has 18 heavy (non-hydrogen) atoms. The highest BCUT2D eigenvalue weighted by Gasteiger charge is 2.23. The van der Waals surface area contributed by atoms with Crippen molar-refractivity contribution >= 4 is 5.57 Å². The summed E-state index contributed by atoms with van der Waals surface area (Å²) in [5.74, 6) is 0. The van der Waals surface area contributed by atoms with E-state index in [0.717, 1.165) is 6.04 Å². The molecule has 0 aliphatic heterocycles. The Hall–Kier alpha value is -1.08. The topological polar surface area (TPSA) is 3.24 Å². The highest BCUT2D eigenvalue weighted by molar-refractivity contribution is 5.71. The smallest absolute Gasteiger partial charge is 0.0133 e. The van der Waals surface area contributed by atoms with Gasteiger partial charge in [0.15, 0.2) is 0 Å². The molecular formula is C17H23N. The highest BCUT2D eigenvalue weighted by Crippen LogP contribution is 2.34. The lowest BCUT2D eigenvalue weighted by molar-refractivity contribution is 0.268. The van der Waals surface area contributed by atoms with Crippen molar-refractivity contribution < 1.29 is 0 Å². The van der Waals surface area contributed by atoms with E-state index in [4.69, 9.17) is 0 Å². The second-order valence-electron chi connectivity index (χ2n) is 5.93. The molecule has 0 aromatic heterocycles. The summed E-state index contributed by atoms with van der Waals surface area (Å²) < 4.78 is 0. The first-order valence-electron chi connectivity index (χ1n) is 7.22. The van der Waals surface area contributed by atoms with Gasteiger partial charge in [0.2, 0.25) is 0 Å². The molecule has 3 rings (SSSR count). The molecular weight excluding hydrogens is 218 g/mol. The standard InChI is InChI=1S/C17H23N/c1-18(2)15-11-10-14-8-5-9-16(17(14)12-15)13-6-3-4-7-13/h5-6,8-9,15H,3-4,7,10-12H2,1-2H3/t15-/m1/s1. The summed E-state index contributed by atoms with van der Waals surface area (Å²) in [6, 6.07) is 7.65. The van der Waals surface area contributed by atoms with E-state index < -0.39 is 0 Å². The number of rotatable bonds is 2. The first-order chi connectivity index (χ1) is 8.75. The fourth-order valence-corrected chi connectivity index (χ4v) is 3.43. The Morgan fingerprint density at radius 3 is 2.78 bits per heavy atom. The van der Waals surface area contributed by atoms with Crippen LogP contribution in [-0.4, -0.2) is 25.0 Å². The van der Waals surface area contributed by atoms with Gasteiger partial charge in [0, 0.05) is 6.04 Å². The van der Waals surface area contributed by atoms with E-state index >= 15 is 0 Å². The zero-order valence-electron chi connectivity index (χ0n) is 11.6. The van der Waals surface area contributed by atoms with E-state index in [1.807, 2.05) is 0 Å². The SMILES string of the molecule is CN(C)[C@@H]1CCc2cccc(C3=CCCC3)c2C1. The lowest BCUT2D eigenvalue weighted by Gasteiger charge is -2.31. The quantitative estimate of drug-likeness (QED) is 0.763. The maximum atomic E-state index is 2.45. The van der Waals surface area contributed by atoms with Gasteiger partial charge >= 0.3 is 0 Å². The normalized spacial score (nSPS) is 23.1. The molecule has 0 amide bonds. The predicted molar refractivity (Wildman–Crippen MR) is 77.8 cm³/mol. The molecule has 0 saturated carbocycles. The third kappa shape index (κ3) is 2.12. The lowest BCUT2D eigenvalue weighted by atomic mass is 9.83. The predicted octanol–water partition coefficient (Wildman–Crippen LogP) is 3.67. The van der Waals surface area contributed by atoms with Gasteiger partial charge in [-0.3, -0.25) is 0 Å². The van der Waals surface area contributed by atoms with Crippen molar-refractivity contribution in [3.05, 3.63) is 41.0 Å². The average molecular weight is 241 g/mol. The van der Waals surface area contributed by atoms with Gasteiger partial charge in [-0.2, -0.15) is 0 Å². The number of benzene rings is 1. The molecule has 1 atom stereocenters. The van der Waals surface area contributed by atoms with E-state index in [9.17, 15) is 0 Å². The van der Waals surface area contributed by atoms with Gasteiger partial charge in [-0.25, -0.2) is 0 Å². The fraction of sp³-hybridized carbons (Fsp3) is 0.529. The Morgan fingerprint density at radius 2 is 2.06 bits per heavy atom. The molecule has 1 nitrogen and oxygen atoms in total. The van der Waals surface area contributed by atoms with Crippen molar-refractivity contribution in [2.45, 2.75) is 44.6 Å². The minimum Gasteiger partial charge on any atom is -0.306 e. The largest absolute Gasteiger partial charge is 0.306 e. The van der Waals surface area contributed by atoms with Crippen molar-refractivity contribution in [2.75, 3.05) is 14.1 Å². The summed E-state index contributed by atoms with van der Waals surface area (Å²) in [7, 11) is 4.43. The number of hydrogen-bond donors (Lipinski definition) is 0. The Balaban J connectivity index is 1.97. The summed E-state index contributed by atoms with van der Waals surface area (Å²) in [6.45, 7) is 0. The summed E-state index contributed by atoms with van der Waals surface area (Å²) in [6.07, 6.45) is 10.1. The lowest BCUT2D eigenvalue weighted by Crippen LogP contribution is -2.33. The molecule has 0 unspecified atom stereocenters. The van der Waals surface area contributed by atoms with Crippen LogP contribution in [0.2, 0.25) is 0 Å². The molecule has 0 fully saturated rings. The van der Waals surface area contributed by atoms with Crippen LogP contribution < -0.4 is 0 Å². The first-order valence-corrected chi connectivity index (χ1v) is 7.22. The minimum absolute atomic E-state index is 0.723. The number of fused-ring (bicyclic) bond motifs is 1. The second kappa shape index (κ2) is 4.89. The van der Waals surface area contributed by atoms with Gasteiger partial charge in [-0.15, -0.1) is 0 Å². The molecule has 0 spiro atoms. The van der Waals surface area contributed by atoms with Crippen molar-refractivity contribution in [1.82, 2.24) is 4.90 Å². The van der Waals surface area contributed by atoms with Crippen molar-refractivity contribution in [3.63, 3.8) is 0 Å². The molecule has 2 aliphatic carbocycles. The molecule has 0 bridgehead atoms. The number of aryl methyl sites for hydroxylation is 1. The Labute approximate surface area is 111 Å². The van der Waals surface area contributed by atoms with Crippen molar-refractivity contribution in [2.24, 2.45) is 0 Å². The average Bonchev–Trinajstić information content (AvgIpc) is 2.91. The van der Waals surface area contributed by atoms with E-state index in [-0.39, 0.29) is 0 Å². The van der Waals surface area contributed by atoms with Crippen LogP contribution >= 0.6 is 0 Å². The first kappa shape index (κ1) is 12.0. The van der Waals surface area contributed by atoms with Crippen LogP contribution in [0.15, 0.2) is 24.3 Å². The monoisotopic (exact) mass is 241 g/mol. The van der Waals surface area contributed by atoms with E-state index in [1.54, 1.807) is 22.3 Å². The third-order valence-electron chi connectivity index (χ3n) is 4.58. The molecule has 0 N–H and O–H groups in total. The van der Waals surface area contributed by atoms with Crippen molar-refractivity contribution in [1.29, 1.82) is 0 Å². The number of likely N-dealkylation sites (N-methyl/N-ethyl adjacent to an activating group) is 1. The van der Waals surface area contributed by atoms with E-state index in [0.29, 0.717) is 0 Å². The van der Waals surface area contributed by atoms with Gasteiger partial charge in [0.05, 0.1) is 0 Å². The second-order valence-corrected chi connectivity index (χ2v) is 5.93. The molecule has 1 aromatic rings. The maximum absolute atomic E-state index is 2.45. The molecule has 1 aromatic carbocycles. The summed E-state index contributed by atoms with van der Waals surface area (Å²) in [5.41, 5.74) is 6.39. The molecule has 96 valence electrons. The molecule has 1 heteroatoms. The highest BCUT2D eigenvalue weighted by atomic mass is 15.1. The number of hydrogen-bond acceptors (Lipinski definition) is 1. The maximum Gasteiger partial charge on any atom is 0.0133 e. The van der Waals surface area contributed by atoms with E-state index in [2.05, 4.69) is 43.3 Å². The minimum atomic E-state index is 0.723. The zero-order valence-corrected chi connectivity index (χ0v) is 11.6. The molecule has 2 aliphatic rings. The van der Waals surface area contributed by atoms with Gasteiger partial charge in [-0.1, -0.05) is 24.3 Å². The number of nitrogens with zero attached hydrogens (tertiary/aromatic N) is 1. The van der Waals surface area contributed by atoms with Crippen LogP contribution in [0.25, 0.3) is 5.57 Å². The van der Waals surface area contributed by atoms with Gasteiger partial charge in [0.1, 0.15) is 0 Å². The summed E-state index contributed by atoms with van der Waals surface area (Å²) in [4.78, 5) is 2.39. The van der Waals surface area contributed by atoms with E-state index in [1.165, 1.54) is 38.5 Å². The number of allylic oxidation sites excluding steroid dienone is 2. The Kier molecular flexibility index (Phi) is 3.25. The van der Waals surface area contributed by atoms with Crippen LogP contribution in [0, 0.1) is 0 Å². The molecule has 0 radical (unpaired) electrons. The van der Waals surface area contributed by atoms with Gasteiger partial charge in [0.25, 0.3) is 0 Å². The fourth-order valence-electron chi connectivity index (χ4n) is 3.43. The summed E-state index contributed by atoms with van der Waals surface area (Å²) >= 11 is 0. The summed E-state index contributed by atoms with van der Waals surface area (Å²) in [5, 5.41) is 0. The Morgan fingerprint density at radius 1 is 1.17 bits per heavy atom. The van der Waals surface area contributed by atoms with Gasteiger partial charge in [-0.05, 0) is 74.9 Å². The van der Waals surface area contributed by atoms with Crippen LogP contribution in [0.3, 0.4) is 0 Å². The van der Waals surface area contributed by atoms with Crippen molar-refractivity contribution in [3.8, 4) is 0 Å². The van der Waals surface area contributed by atoms with Gasteiger partial charge < -0.3 is 4.90 Å². The van der Waals surface area contributed by atoms with Crippen LogP contribution in [0.4, 0.5) is 0 Å². The zero-order chi connectivity index (χ0) is 12.5. The van der Waals surface area contributed by atoms with Crippen LogP contribution in [0.1, 0.15) is 42.4 Å². The van der Waals surface area contributed by atoms with Crippen LogP contribution in [0.5, 0.6) is 0 Å². The third-order valence-corrected chi connectivity index (χ3v) is 4.58. The molecule has 0 saturated heterocycles. The Bertz CT molecular complexity index is 470. The molecule has 0 heterocycles.